The summed E-state index contributed by atoms with van der Waals surface area (Å²) in [7, 11) is -2.51. The van der Waals surface area contributed by atoms with Gasteiger partial charge in [-0.05, 0) is 44.0 Å². The average Bonchev–Trinajstić information content (AvgIpc) is 3.37. The lowest BCUT2D eigenvalue weighted by Gasteiger charge is -2.56. The van der Waals surface area contributed by atoms with Gasteiger partial charge in [0.2, 0.25) is 5.88 Å². The molecular formula is C29H31N7O3. The van der Waals surface area contributed by atoms with Crippen molar-refractivity contribution in [2.75, 3.05) is 31.6 Å². The molecule has 2 unspecified atom stereocenters. The maximum atomic E-state index is 10.1. The Labute approximate surface area is 231 Å². The van der Waals surface area contributed by atoms with Gasteiger partial charge in [0, 0.05) is 61.3 Å². The molecule has 10 heteroatoms. The van der Waals surface area contributed by atoms with Crippen LogP contribution < -0.4 is 14.4 Å². The maximum absolute atomic E-state index is 10.1. The molecule has 3 fully saturated rings. The number of nitriles is 1. The highest BCUT2D eigenvalue weighted by Crippen LogP contribution is 2.36. The van der Waals surface area contributed by atoms with Gasteiger partial charge in [-0.3, -0.25) is 4.90 Å². The molecule has 200 valence electrons. The van der Waals surface area contributed by atoms with Crippen molar-refractivity contribution in [3.05, 3.63) is 66.2 Å². The van der Waals surface area contributed by atoms with E-state index in [-0.39, 0.29) is 12.5 Å². The lowest BCUT2D eigenvalue weighted by atomic mass is 9.87. The number of anilines is 1. The quantitative estimate of drug-likeness (QED) is 0.368. The predicted octanol–water partition coefficient (Wildman–Crippen LogP) is 3.28. The molecule has 10 nitrogen and oxygen atoms in total. The number of fused-ring (bicyclic) bond motifs is 3. The van der Waals surface area contributed by atoms with Crippen LogP contribution in [0.1, 0.15) is 35.5 Å². The lowest BCUT2D eigenvalue weighted by Crippen LogP contribution is -2.68. The van der Waals surface area contributed by atoms with Gasteiger partial charge in [-0.1, -0.05) is 6.07 Å². The zero-order valence-electron chi connectivity index (χ0n) is 24.8. The van der Waals surface area contributed by atoms with Crippen LogP contribution in [0.3, 0.4) is 0 Å². The van der Waals surface area contributed by atoms with Crippen LogP contribution in [-0.2, 0) is 6.54 Å². The molecule has 0 amide bonds. The van der Waals surface area contributed by atoms with Crippen molar-refractivity contribution in [1.82, 2.24) is 24.5 Å². The van der Waals surface area contributed by atoms with Crippen LogP contribution in [0.2, 0.25) is 0 Å². The van der Waals surface area contributed by atoms with Crippen molar-refractivity contribution in [1.29, 1.82) is 5.26 Å². The van der Waals surface area contributed by atoms with Crippen LogP contribution in [0, 0.1) is 11.3 Å². The van der Waals surface area contributed by atoms with E-state index in [1.807, 2.05) is 30.5 Å². The molecule has 39 heavy (non-hydrogen) atoms. The second kappa shape index (κ2) is 9.84. The summed E-state index contributed by atoms with van der Waals surface area (Å²) in [4.78, 5) is 13.7. The smallest absolute Gasteiger partial charge is 0.212 e. The SMILES string of the molecule is [2H]C([2H])([2H])Oc1ccc(CN2C3CC2CN(c2ccc(-c4cc(OCC(C)(C)O)cn5ncc(C#N)c45)cn2)C3)cn1. The number of piperidine rings is 1. The minimum absolute atomic E-state index is 0.0921. The van der Waals surface area contributed by atoms with Gasteiger partial charge in [-0.2, -0.15) is 10.4 Å². The summed E-state index contributed by atoms with van der Waals surface area (Å²) in [5.41, 5.74) is 2.74. The number of nitrogens with zero attached hydrogens (tertiary/aromatic N) is 7. The first kappa shape index (κ1) is 21.7. The van der Waals surface area contributed by atoms with E-state index in [2.05, 4.69) is 26.0 Å². The molecule has 1 N–H and O–H groups in total. The number of ether oxygens (including phenoxy) is 2. The van der Waals surface area contributed by atoms with Gasteiger partial charge in [0.15, 0.2) is 0 Å². The van der Waals surface area contributed by atoms with E-state index in [9.17, 15) is 10.4 Å². The van der Waals surface area contributed by atoms with Crippen LogP contribution in [0.5, 0.6) is 11.6 Å². The fourth-order valence-electron chi connectivity index (χ4n) is 5.38. The summed E-state index contributed by atoms with van der Waals surface area (Å²) in [6.07, 6.45) is 7.84. The monoisotopic (exact) mass is 528 g/mol. The number of hydrogen-bond acceptors (Lipinski definition) is 9. The van der Waals surface area contributed by atoms with E-state index in [0.29, 0.717) is 28.9 Å². The highest BCUT2D eigenvalue weighted by Gasteiger charge is 2.44. The largest absolute Gasteiger partial charge is 0.489 e. The number of methoxy groups -OCH3 is 1. The van der Waals surface area contributed by atoms with E-state index in [1.54, 1.807) is 36.8 Å². The first-order valence-corrected chi connectivity index (χ1v) is 12.8. The Morgan fingerprint density at radius 3 is 2.67 bits per heavy atom. The zero-order valence-corrected chi connectivity index (χ0v) is 21.8. The number of pyridine rings is 3. The standard InChI is InChI=1S/C29H31N7O3/c1-29(2,37)18-39-24-9-25(28-21(10-30)13-33-36(28)17-24)20-5-6-26(31-12-20)34-15-22-8-23(16-34)35(22)14-19-4-7-27(38-3)32-11-19/h4-7,9,11-13,17,22-23,37H,8,14-16,18H2,1-3H3/i3D3. The molecular weight excluding hydrogens is 494 g/mol. The van der Waals surface area contributed by atoms with Crippen molar-refractivity contribution in [3.63, 3.8) is 0 Å². The van der Waals surface area contributed by atoms with Crippen LogP contribution in [-0.4, -0.2) is 74.0 Å². The van der Waals surface area contributed by atoms with Crippen LogP contribution in [0.25, 0.3) is 16.6 Å². The summed E-state index contributed by atoms with van der Waals surface area (Å²) in [6.45, 7) is 5.90. The van der Waals surface area contributed by atoms with Gasteiger partial charge in [0.05, 0.1) is 40.2 Å². The Kier molecular flexibility index (Phi) is 5.47. The van der Waals surface area contributed by atoms with Crippen molar-refractivity contribution in [2.24, 2.45) is 0 Å². The maximum Gasteiger partial charge on any atom is 0.212 e. The van der Waals surface area contributed by atoms with E-state index in [0.717, 1.165) is 48.6 Å². The van der Waals surface area contributed by atoms with Crippen LogP contribution in [0.4, 0.5) is 5.82 Å². The molecule has 0 radical (unpaired) electrons. The predicted molar refractivity (Wildman–Crippen MR) is 146 cm³/mol. The Morgan fingerprint density at radius 1 is 1.15 bits per heavy atom. The third kappa shape index (κ3) is 4.99. The summed E-state index contributed by atoms with van der Waals surface area (Å²) in [5.74, 6) is 1.51. The summed E-state index contributed by atoms with van der Waals surface area (Å²) >= 11 is 0. The molecule has 4 aromatic heterocycles. The molecule has 0 aromatic carbocycles. The van der Waals surface area contributed by atoms with E-state index < -0.39 is 12.6 Å². The molecule has 2 atom stereocenters. The third-order valence-corrected chi connectivity index (χ3v) is 7.29. The number of hydrogen-bond donors (Lipinski definition) is 1. The van der Waals surface area contributed by atoms with Crippen molar-refractivity contribution in [3.8, 4) is 28.8 Å². The first-order valence-electron chi connectivity index (χ1n) is 14.3. The van der Waals surface area contributed by atoms with Gasteiger partial charge in [0.25, 0.3) is 0 Å². The Balaban J connectivity index is 1.15. The lowest BCUT2D eigenvalue weighted by molar-refractivity contribution is -0.00876. The summed E-state index contributed by atoms with van der Waals surface area (Å²) < 4.78 is 34.0. The molecule has 3 saturated heterocycles. The Morgan fingerprint density at radius 2 is 2.00 bits per heavy atom. The zero-order chi connectivity index (χ0) is 29.6. The second-order valence-electron chi connectivity index (χ2n) is 10.8. The average molecular weight is 529 g/mol. The molecule has 4 aromatic rings. The van der Waals surface area contributed by atoms with E-state index in [4.69, 9.17) is 18.6 Å². The molecule has 3 aliphatic heterocycles. The number of aliphatic hydroxyl groups is 1. The van der Waals surface area contributed by atoms with Gasteiger partial charge in [0.1, 0.15) is 24.2 Å². The Bertz CT molecular complexity index is 1610. The van der Waals surface area contributed by atoms with Crippen molar-refractivity contribution < 1.29 is 18.7 Å². The molecule has 7 heterocycles. The number of rotatable bonds is 8. The van der Waals surface area contributed by atoms with Crippen molar-refractivity contribution in [2.45, 2.75) is 44.5 Å². The Hall–Kier alpha value is -4.20. The normalized spacial score (nSPS) is 20.5. The third-order valence-electron chi connectivity index (χ3n) is 7.29. The van der Waals surface area contributed by atoms with Crippen LogP contribution in [0.15, 0.2) is 55.1 Å². The molecule has 2 bridgehead atoms. The number of aromatic nitrogens is 4. The summed E-state index contributed by atoms with van der Waals surface area (Å²) in [5, 5.41) is 24.1. The fraction of sp³-hybridized carbons (Fsp3) is 0.379. The fourth-order valence-corrected chi connectivity index (χ4v) is 5.38. The molecule has 0 spiro atoms. The van der Waals surface area contributed by atoms with Crippen LogP contribution >= 0.6 is 0 Å². The minimum atomic E-state index is -2.51. The van der Waals surface area contributed by atoms with Gasteiger partial charge < -0.3 is 19.5 Å². The minimum Gasteiger partial charge on any atom is -0.489 e. The van der Waals surface area contributed by atoms with Crippen molar-refractivity contribution >= 4 is 11.3 Å². The van der Waals surface area contributed by atoms with Gasteiger partial charge >= 0.3 is 0 Å². The summed E-state index contributed by atoms with van der Waals surface area (Å²) in [6, 6.07) is 12.3. The highest BCUT2D eigenvalue weighted by atomic mass is 16.5. The number of piperazine rings is 1. The van der Waals surface area contributed by atoms with Gasteiger partial charge in [-0.15, -0.1) is 0 Å². The molecule has 0 saturated carbocycles. The molecule has 3 aliphatic rings. The van der Waals surface area contributed by atoms with E-state index >= 15 is 0 Å². The topological polar surface area (TPSA) is 112 Å². The highest BCUT2D eigenvalue weighted by molar-refractivity contribution is 5.85. The van der Waals surface area contributed by atoms with E-state index in [1.165, 1.54) is 6.20 Å². The molecule has 7 rings (SSSR count). The molecule has 0 aliphatic carbocycles. The second-order valence-corrected chi connectivity index (χ2v) is 10.8. The van der Waals surface area contributed by atoms with Gasteiger partial charge in [-0.25, -0.2) is 14.5 Å². The first-order chi connectivity index (χ1) is 20.0.